The lowest BCUT2D eigenvalue weighted by Crippen LogP contribution is -2.44. The fraction of sp³-hybridized carbons (Fsp3) is 0.417. The van der Waals surface area contributed by atoms with Crippen LogP contribution in [-0.4, -0.2) is 36.5 Å². The summed E-state index contributed by atoms with van der Waals surface area (Å²) in [5, 5.41) is 5.85. The fourth-order valence-electron chi connectivity index (χ4n) is 3.78. The number of nitrogens with one attached hydrogen (secondary N) is 2. The van der Waals surface area contributed by atoms with Gasteiger partial charge in [0.15, 0.2) is 0 Å². The molecule has 0 radical (unpaired) electrons. The SMILES string of the molecule is CC(=O)NCCc1ccc(CC2CCN(C(=O)NCc3ccccc3)CC2)cc1. The maximum atomic E-state index is 12.4. The highest BCUT2D eigenvalue weighted by molar-refractivity contribution is 5.74. The van der Waals surface area contributed by atoms with E-state index in [2.05, 4.69) is 34.9 Å². The summed E-state index contributed by atoms with van der Waals surface area (Å²) >= 11 is 0. The van der Waals surface area contributed by atoms with Gasteiger partial charge in [-0.1, -0.05) is 54.6 Å². The molecule has 0 aliphatic carbocycles. The number of benzene rings is 2. The van der Waals surface area contributed by atoms with E-state index < -0.39 is 0 Å². The number of carbonyl (C=O) groups excluding carboxylic acids is 2. The van der Waals surface area contributed by atoms with Gasteiger partial charge in [-0.15, -0.1) is 0 Å². The first kappa shape index (κ1) is 20.9. The van der Waals surface area contributed by atoms with Crippen molar-refractivity contribution >= 4 is 11.9 Å². The molecule has 3 rings (SSSR count). The lowest BCUT2D eigenvalue weighted by atomic mass is 9.90. The van der Waals surface area contributed by atoms with E-state index in [1.165, 1.54) is 11.1 Å². The molecule has 2 aromatic rings. The van der Waals surface area contributed by atoms with Crippen molar-refractivity contribution in [2.24, 2.45) is 5.92 Å². The van der Waals surface area contributed by atoms with Crippen LogP contribution in [-0.2, 0) is 24.2 Å². The minimum Gasteiger partial charge on any atom is -0.356 e. The van der Waals surface area contributed by atoms with Gasteiger partial charge in [0.25, 0.3) is 0 Å². The van der Waals surface area contributed by atoms with Gasteiger partial charge in [-0.05, 0) is 48.3 Å². The van der Waals surface area contributed by atoms with Crippen LogP contribution < -0.4 is 10.6 Å². The smallest absolute Gasteiger partial charge is 0.317 e. The topological polar surface area (TPSA) is 61.4 Å². The summed E-state index contributed by atoms with van der Waals surface area (Å²) in [7, 11) is 0. The molecule has 0 aromatic heterocycles. The number of hydrogen-bond acceptors (Lipinski definition) is 2. The second kappa shape index (κ2) is 10.6. The van der Waals surface area contributed by atoms with E-state index in [9.17, 15) is 9.59 Å². The largest absolute Gasteiger partial charge is 0.356 e. The van der Waals surface area contributed by atoms with Crippen LogP contribution in [0, 0.1) is 5.92 Å². The average Bonchev–Trinajstić information content (AvgIpc) is 2.74. The van der Waals surface area contributed by atoms with Crippen molar-refractivity contribution in [2.45, 2.75) is 39.2 Å². The Morgan fingerprint density at radius 3 is 2.21 bits per heavy atom. The third kappa shape index (κ3) is 6.93. The van der Waals surface area contributed by atoms with E-state index in [1.807, 2.05) is 35.2 Å². The Hall–Kier alpha value is -2.82. The molecule has 1 aliphatic heterocycles. The van der Waals surface area contributed by atoms with Crippen molar-refractivity contribution in [3.63, 3.8) is 0 Å². The summed E-state index contributed by atoms with van der Waals surface area (Å²) < 4.78 is 0. The highest BCUT2D eigenvalue weighted by atomic mass is 16.2. The zero-order chi connectivity index (χ0) is 20.5. The summed E-state index contributed by atoms with van der Waals surface area (Å²) in [4.78, 5) is 25.3. The lowest BCUT2D eigenvalue weighted by Gasteiger charge is -2.32. The molecule has 29 heavy (non-hydrogen) atoms. The van der Waals surface area contributed by atoms with Crippen molar-refractivity contribution in [1.29, 1.82) is 0 Å². The second-order valence-electron chi connectivity index (χ2n) is 7.83. The molecular formula is C24H31N3O2. The van der Waals surface area contributed by atoms with E-state index >= 15 is 0 Å². The number of hydrogen-bond donors (Lipinski definition) is 2. The third-order valence-electron chi connectivity index (χ3n) is 5.52. The Balaban J connectivity index is 1.38. The first-order valence-corrected chi connectivity index (χ1v) is 10.5. The number of piperidine rings is 1. The summed E-state index contributed by atoms with van der Waals surface area (Å²) in [6, 6.07) is 18.8. The van der Waals surface area contributed by atoms with Gasteiger partial charge >= 0.3 is 6.03 Å². The normalized spacial score (nSPS) is 14.4. The molecule has 0 spiro atoms. The van der Waals surface area contributed by atoms with Crippen LogP contribution >= 0.6 is 0 Å². The molecule has 0 bridgehead atoms. The first-order chi connectivity index (χ1) is 14.1. The summed E-state index contributed by atoms with van der Waals surface area (Å²) in [6.07, 6.45) is 4.01. The number of amides is 3. The van der Waals surface area contributed by atoms with Crippen molar-refractivity contribution in [3.05, 3.63) is 71.3 Å². The van der Waals surface area contributed by atoms with Crippen LogP contribution in [0.15, 0.2) is 54.6 Å². The van der Waals surface area contributed by atoms with E-state index in [-0.39, 0.29) is 11.9 Å². The van der Waals surface area contributed by atoms with Gasteiger partial charge in [-0.2, -0.15) is 0 Å². The third-order valence-corrected chi connectivity index (χ3v) is 5.52. The van der Waals surface area contributed by atoms with Crippen LogP contribution in [0.3, 0.4) is 0 Å². The average molecular weight is 394 g/mol. The maximum absolute atomic E-state index is 12.4. The molecule has 2 N–H and O–H groups in total. The monoisotopic (exact) mass is 393 g/mol. The first-order valence-electron chi connectivity index (χ1n) is 10.5. The van der Waals surface area contributed by atoms with Gasteiger partial charge in [0.1, 0.15) is 0 Å². The second-order valence-corrected chi connectivity index (χ2v) is 7.83. The van der Waals surface area contributed by atoms with Gasteiger partial charge in [0.2, 0.25) is 5.91 Å². The molecule has 1 aliphatic rings. The molecular weight excluding hydrogens is 362 g/mol. The van der Waals surface area contributed by atoms with E-state index in [4.69, 9.17) is 0 Å². The van der Waals surface area contributed by atoms with Crippen LogP contribution in [0.5, 0.6) is 0 Å². The molecule has 154 valence electrons. The number of nitrogens with zero attached hydrogens (tertiary/aromatic N) is 1. The lowest BCUT2D eigenvalue weighted by molar-refractivity contribution is -0.118. The van der Waals surface area contributed by atoms with Gasteiger partial charge in [0.05, 0.1) is 0 Å². The molecule has 1 saturated heterocycles. The van der Waals surface area contributed by atoms with E-state index in [1.54, 1.807) is 6.92 Å². The molecule has 1 heterocycles. The Labute approximate surface area is 173 Å². The number of rotatable bonds is 7. The van der Waals surface area contributed by atoms with Gasteiger partial charge in [0, 0.05) is 33.1 Å². The molecule has 0 atom stereocenters. The van der Waals surface area contributed by atoms with Gasteiger partial charge < -0.3 is 15.5 Å². The minimum absolute atomic E-state index is 0.0155. The molecule has 1 fully saturated rings. The number of carbonyl (C=O) groups is 2. The van der Waals surface area contributed by atoms with Crippen molar-refractivity contribution in [1.82, 2.24) is 15.5 Å². The van der Waals surface area contributed by atoms with Crippen molar-refractivity contribution in [2.75, 3.05) is 19.6 Å². The zero-order valence-corrected chi connectivity index (χ0v) is 17.2. The van der Waals surface area contributed by atoms with Crippen LogP contribution in [0.4, 0.5) is 4.79 Å². The Bertz CT molecular complexity index is 782. The molecule has 5 heteroatoms. The maximum Gasteiger partial charge on any atom is 0.317 e. The van der Waals surface area contributed by atoms with Crippen LogP contribution in [0.25, 0.3) is 0 Å². The van der Waals surface area contributed by atoms with Crippen molar-refractivity contribution < 1.29 is 9.59 Å². The standard InChI is InChI=1S/C24H31N3O2/c1-19(28)25-14-11-20-7-9-21(10-8-20)17-22-12-15-27(16-13-22)24(29)26-18-23-5-3-2-4-6-23/h2-10,22H,11-18H2,1H3,(H,25,28)(H,26,29). The quantitative estimate of drug-likeness (QED) is 0.756. The molecule has 0 saturated carbocycles. The highest BCUT2D eigenvalue weighted by Crippen LogP contribution is 2.22. The summed E-state index contributed by atoms with van der Waals surface area (Å²) in [5.74, 6) is 0.639. The van der Waals surface area contributed by atoms with E-state index in [0.717, 1.165) is 44.3 Å². The Kier molecular flexibility index (Phi) is 7.68. The zero-order valence-electron chi connectivity index (χ0n) is 17.2. The van der Waals surface area contributed by atoms with E-state index in [0.29, 0.717) is 19.0 Å². The molecule has 5 nitrogen and oxygen atoms in total. The predicted octanol–water partition coefficient (Wildman–Crippen LogP) is 3.53. The summed E-state index contributed by atoms with van der Waals surface area (Å²) in [5.41, 5.74) is 3.71. The molecule has 0 unspecified atom stereocenters. The highest BCUT2D eigenvalue weighted by Gasteiger charge is 2.22. The van der Waals surface area contributed by atoms with Gasteiger partial charge in [-0.3, -0.25) is 4.79 Å². The number of likely N-dealkylation sites (tertiary alicyclic amines) is 1. The minimum atomic E-state index is 0.0155. The Morgan fingerprint density at radius 1 is 0.897 bits per heavy atom. The predicted molar refractivity (Wildman–Crippen MR) is 116 cm³/mol. The summed E-state index contributed by atoms with van der Waals surface area (Å²) in [6.45, 7) is 4.44. The Morgan fingerprint density at radius 2 is 1.55 bits per heavy atom. The van der Waals surface area contributed by atoms with Gasteiger partial charge in [-0.25, -0.2) is 4.79 Å². The van der Waals surface area contributed by atoms with Crippen LogP contribution in [0.1, 0.15) is 36.5 Å². The van der Waals surface area contributed by atoms with Crippen molar-refractivity contribution in [3.8, 4) is 0 Å². The molecule has 3 amide bonds. The molecule has 2 aromatic carbocycles. The fourth-order valence-corrected chi connectivity index (χ4v) is 3.78. The van der Waals surface area contributed by atoms with Crippen LogP contribution in [0.2, 0.25) is 0 Å². The number of urea groups is 1.